The van der Waals surface area contributed by atoms with Gasteiger partial charge in [-0.3, -0.25) is 9.79 Å². The normalized spacial score (nSPS) is 26.5. The van der Waals surface area contributed by atoms with E-state index in [0.717, 1.165) is 51.4 Å². The first kappa shape index (κ1) is 23.7. The van der Waals surface area contributed by atoms with Crippen molar-refractivity contribution in [1.82, 2.24) is 20.4 Å². The Morgan fingerprint density at radius 2 is 1.86 bits per heavy atom. The third-order valence-electron chi connectivity index (χ3n) is 6.31. The van der Waals surface area contributed by atoms with Gasteiger partial charge in [0.05, 0.1) is 0 Å². The van der Waals surface area contributed by atoms with Crippen LogP contribution in [-0.4, -0.2) is 73.5 Å². The summed E-state index contributed by atoms with van der Waals surface area (Å²) in [7, 11) is 0. The summed E-state index contributed by atoms with van der Waals surface area (Å²) in [6.45, 7) is 11.5. The molecule has 0 spiro atoms. The van der Waals surface area contributed by atoms with Crippen molar-refractivity contribution in [3.8, 4) is 0 Å². The second-order valence-electron chi connectivity index (χ2n) is 8.57. The third-order valence-corrected chi connectivity index (χ3v) is 6.31. The Kier molecular flexibility index (Phi) is 10.3. The number of nitrogens with zero attached hydrogens (tertiary/aromatic N) is 3. The number of rotatable bonds is 7. The first-order valence-electron chi connectivity index (χ1n) is 11.3. The fraction of sp³-hybridized carbons (Fsp3) is 0.905. The summed E-state index contributed by atoms with van der Waals surface area (Å²) in [4.78, 5) is 22.1. The Hall–Kier alpha value is -0.570. The molecule has 1 saturated carbocycles. The maximum Gasteiger partial charge on any atom is 0.225 e. The van der Waals surface area contributed by atoms with Gasteiger partial charge >= 0.3 is 0 Å². The lowest BCUT2D eigenvalue weighted by Gasteiger charge is -2.21. The van der Waals surface area contributed by atoms with E-state index < -0.39 is 0 Å². The van der Waals surface area contributed by atoms with Crippen LogP contribution in [0.2, 0.25) is 0 Å². The molecule has 2 N–H and O–H groups in total. The molecule has 2 atom stereocenters. The van der Waals surface area contributed by atoms with Crippen LogP contribution < -0.4 is 10.6 Å². The molecular formula is C21H40IN5O. The van der Waals surface area contributed by atoms with Crippen LogP contribution in [0.15, 0.2) is 4.99 Å². The molecule has 0 radical (unpaired) electrons. The van der Waals surface area contributed by atoms with Gasteiger partial charge in [0.1, 0.15) is 0 Å². The minimum Gasteiger partial charge on any atom is -0.357 e. The molecule has 3 aliphatic rings. The monoisotopic (exact) mass is 505 g/mol. The SMILES string of the molecule is CCCN1CCC(CN=C(NCC)NC2CCN(C(=O)C3CCCC3)C2)C1.I. The molecule has 0 aromatic carbocycles. The Bertz CT molecular complexity index is 509. The fourth-order valence-electron chi connectivity index (χ4n) is 4.82. The van der Waals surface area contributed by atoms with E-state index in [-0.39, 0.29) is 24.0 Å². The minimum absolute atomic E-state index is 0. The van der Waals surface area contributed by atoms with Gasteiger partial charge < -0.3 is 20.4 Å². The number of hydrogen-bond donors (Lipinski definition) is 2. The summed E-state index contributed by atoms with van der Waals surface area (Å²) < 4.78 is 0. The lowest BCUT2D eigenvalue weighted by atomic mass is 10.1. The van der Waals surface area contributed by atoms with E-state index in [4.69, 9.17) is 4.99 Å². The molecule has 2 aliphatic heterocycles. The topological polar surface area (TPSA) is 60.0 Å². The minimum atomic E-state index is 0. The standard InChI is InChI=1S/C21H39N5O.HI/c1-3-11-25-12-9-17(15-25)14-23-21(22-4-2)24-19-10-13-26(16-19)20(27)18-7-5-6-8-18;/h17-19H,3-16H2,1-2H3,(H2,22,23,24);1H. The number of halogens is 1. The van der Waals surface area contributed by atoms with Crippen molar-refractivity contribution in [2.24, 2.45) is 16.8 Å². The molecular weight excluding hydrogens is 465 g/mol. The predicted octanol–water partition coefficient (Wildman–Crippen LogP) is 2.68. The van der Waals surface area contributed by atoms with Gasteiger partial charge in [0.2, 0.25) is 5.91 Å². The summed E-state index contributed by atoms with van der Waals surface area (Å²) in [5.74, 6) is 2.28. The van der Waals surface area contributed by atoms with Crippen LogP contribution in [0.4, 0.5) is 0 Å². The molecule has 3 rings (SSSR count). The highest BCUT2D eigenvalue weighted by molar-refractivity contribution is 14.0. The number of hydrogen-bond acceptors (Lipinski definition) is 3. The van der Waals surface area contributed by atoms with E-state index in [2.05, 4.69) is 34.3 Å². The Labute approximate surface area is 188 Å². The summed E-state index contributed by atoms with van der Waals surface area (Å²) in [5.41, 5.74) is 0. The Morgan fingerprint density at radius 1 is 1.07 bits per heavy atom. The molecule has 0 aromatic heterocycles. The molecule has 1 aliphatic carbocycles. The van der Waals surface area contributed by atoms with Gasteiger partial charge in [-0.05, 0) is 58.0 Å². The van der Waals surface area contributed by atoms with E-state index in [0.29, 0.717) is 23.8 Å². The van der Waals surface area contributed by atoms with E-state index in [1.165, 1.54) is 45.3 Å². The molecule has 0 aromatic rings. The first-order chi connectivity index (χ1) is 13.2. The molecule has 6 nitrogen and oxygen atoms in total. The van der Waals surface area contributed by atoms with E-state index in [9.17, 15) is 4.79 Å². The number of likely N-dealkylation sites (tertiary alicyclic amines) is 2. The predicted molar refractivity (Wildman–Crippen MR) is 126 cm³/mol. The van der Waals surface area contributed by atoms with E-state index in [1.54, 1.807) is 0 Å². The van der Waals surface area contributed by atoms with Crippen molar-refractivity contribution in [2.45, 2.75) is 64.8 Å². The zero-order valence-corrected chi connectivity index (χ0v) is 20.1. The molecule has 2 unspecified atom stereocenters. The van der Waals surface area contributed by atoms with Gasteiger partial charge in [-0.2, -0.15) is 0 Å². The molecule has 0 bridgehead atoms. The number of aliphatic imine (C=N–C) groups is 1. The smallest absolute Gasteiger partial charge is 0.225 e. The first-order valence-corrected chi connectivity index (χ1v) is 11.3. The highest BCUT2D eigenvalue weighted by atomic mass is 127. The summed E-state index contributed by atoms with van der Waals surface area (Å²) in [6, 6.07) is 0.327. The number of guanidine groups is 1. The number of carbonyl (C=O) groups excluding carboxylic acids is 1. The van der Waals surface area contributed by atoms with E-state index >= 15 is 0 Å². The number of carbonyl (C=O) groups is 1. The van der Waals surface area contributed by atoms with Crippen LogP contribution >= 0.6 is 24.0 Å². The van der Waals surface area contributed by atoms with Crippen LogP contribution in [0, 0.1) is 11.8 Å². The lowest BCUT2D eigenvalue weighted by molar-refractivity contribution is -0.134. The van der Waals surface area contributed by atoms with Gasteiger partial charge in [-0.25, -0.2) is 0 Å². The van der Waals surface area contributed by atoms with Crippen LogP contribution in [0.25, 0.3) is 0 Å². The maximum atomic E-state index is 12.6. The van der Waals surface area contributed by atoms with Crippen molar-refractivity contribution in [3.05, 3.63) is 0 Å². The van der Waals surface area contributed by atoms with Crippen molar-refractivity contribution >= 4 is 35.8 Å². The summed E-state index contributed by atoms with van der Waals surface area (Å²) >= 11 is 0. The molecule has 28 heavy (non-hydrogen) atoms. The van der Waals surface area contributed by atoms with Gasteiger partial charge in [0.25, 0.3) is 0 Å². The lowest BCUT2D eigenvalue weighted by Crippen LogP contribution is -2.45. The largest absolute Gasteiger partial charge is 0.357 e. The molecule has 2 saturated heterocycles. The second-order valence-corrected chi connectivity index (χ2v) is 8.57. The Balaban J connectivity index is 0.00000280. The van der Waals surface area contributed by atoms with Crippen molar-refractivity contribution in [1.29, 1.82) is 0 Å². The van der Waals surface area contributed by atoms with Crippen LogP contribution in [0.3, 0.4) is 0 Å². The van der Waals surface area contributed by atoms with Crippen LogP contribution in [0.5, 0.6) is 0 Å². The third kappa shape index (κ3) is 6.75. The highest BCUT2D eigenvalue weighted by Crippen LogP contribution is 2.27. The van der Waals surface area contributed by atoms with E-state index in [1.807, 2.05) is 0 Å². The van der Waals surface area contributed by atoms with Gasteiger partial charge in [0.15, 0.2) is 5.96 Å². The highest BCUT2D eigenvalue weighted by Gasteiger charge is 2.32. The molecule has 1 amide bonds. The molecule has 7 heteroatoms. The number of amides is 1. The Morgan fingerprint density at radius 3 is 2.57 bits per heavy atom. The molecule has 162 valence electrons. The zero-order chi connectivity index (χ0) is 19.1. The molecule has 3 fully saturated rings. The van der Waals surface area contributed by atoms with Gasteiger partial charge in [-0.15, -0.1) is 24.0 Å². The van der Waals surface area contributed by atoms with Gasteiger partial charge in [0, 0.05) is 44.7 Å². The summed E-state index contributed by atoms with van der Waals surface area (Å²) in [6.07, 6.45) is 8.15. The van der Waals surface area contributed by atoms with Crippen molar-refractivity contribution < 1.29 is 4.79 Å². The van der Waals surface area contributed by atoms with Gasteiger partial charge in [-0.1, -0.05) is 19.8 Å². The fourth-order valence-corrected chi connectivity index (χ4v) is 4.82. The van der Waals surface area contributed by atoms with Crippen LogP contribution in [0.1, 0.15) is 58.8 Å². The molecule has 2 heterocycles. The average Bonchev–Trinajstić information content (AvgIpc) is 3.41. The van der Waals surface area contributed by atoms with Crippen molar-refractivity contribution in [2.75, 3.05) is 45.8 Å². The number of nitrogens with one attached hydrogen (secondary N) is 2. The summed E-state index contributed by atoms with van der Waals surface area (Å²) in [5, 5.41) is 6.97. The quantitative estimate of drug-likeness (QED) is 0.318. The van der Waals surface area contributed by atoms with Crippen LogP contribution in [-0.2, 0) is 4.79 Å². The average molecular weight is 505 g/mol. The van der Waals surface area contributed by atoms with Crippen molar-refractivity contribution in [3.63, 3.8) is 0 Å². The zero-order valence-electron chi connectivity index (χ0n) is 17.8. The maximum absolute atomic E-state index is 12.6. The second kappa shape index (κ2) is 12.2.